The molecule has 9 nitrogen and oxygen atoms in total. The molecular formula is C26H20FIN2O7S. The van der Waals surface area contributed by atoms with Crippen molar-refractivity contribution in [3.05, 3.63) is 86.8 Å². The first-order valence-electron chi connectivity index (χ1n) is 11.2. The third-order valence-corrected chi connectivity index (χ3v) is 7.38. The minimum atomic E-state index is -4.20. The molecule has 0 atom stereocenters. The molecule has 38 heavy (non-hydrogen) atoms. The summed E-state index contributed by atoms with van der Waals surface area (Å²) in [6.45, 7) is 3.67. The molecule has 4 amide bonds. The van der Waals surface area contributed by atoms with Gasteiger partial charge in [0.25, 0.3) is 11.8 Å². The molecule has 196 valence electrons. The van der Waals surface area contributed by atoms with Crippen molar-refractivity contribution in [1.82, 2.24) is 5.32 Å². The minimum Gasteiger partial charge on any atom is -0.490 e. The highest BCUT2D eigenvalue weighted by molar-refractivity contribution is 14.1. The Kier molecular flexibility index (Phi) is 7.83. The summed E-state index contributed by atoms with van der Waals surface area (Å²) in [4.78, 5) is 38.5. The average molecular weight is 650 g/mol. The summed E-state index contributed by atoms with van der Waals surface area (Å²) in [6.07, 6.45) is 1.20. The zero-order chi connectivity index (χ0) is 27.6. The zero-order valence-electron chi connectivity index (χ0n) is 20.0. The van der Waals surface area contributed by atoms with Crippen LogP contribution in [0.25, 0.3) is 6.08 Å². The van der Waals surface area contributed by atoms with E-state index in [0.717, 1.165) is 11.6 Å². The van der Waals surface area contributed by atoms with Gasteiger partial charge in [0.1, 0.15) is 16.3 Å². The van der Waals surface area contributed by atoms with Crippen molar-refractivity contribution in [3.8, 4) is 11.5 Å². The van der Waals surface area contributed by atoms with Crippen molar-refractivity contribution in [2.24, 2.45) is 0 Å². The second-order valence-electron chi connectivity index (χ2n) is 8.02. The predicted octanol–water partition coefficient (Wildman–Crippen LogP) is 4.57. The lowest BCUT2D eigenvalue weighted by Crippen LogP contribution is -2.54. The van der Waals surface area contributed by atoms with E-state index in [1.165, 1.54) is 48.5 Å². The van der Waals surface area contributed by atoms with Crippen molar-refractivity contribution < 1.29 is 36.1 Å². The number of carbonyl (C=O) groups is 3. The van der Waals surface area contributed by atoms with Gasteiger partial charge in [0.15, 0.2) is 11.5 Å². The Labute approximate surface area is 231 Å². The van der Waals surface area contributed by atoms with Gasteiger partial charge in [0.05, 0.1) is 15.9 Å². The molecule has 0 saturated carbocycles. The largest absolute Gasteiger partial charge is 0.490 e. The molecule has 0 aliphatic carbocycles. The minimum absolute atomic E-state index is 0.0464. The molecule has 0 unspecified atom stereocenters. The van der Waals surface area contributed by atoms with E-state index in [9.17, 15) is 27.2 Å². The standard InChI is InChI=1S/C26H20FIN2O7S/c1-3-36-22-14-16(13-20(28)23(22)37-38(34,35)17-10-8-15(2)9-11-17)12-18-24(31)29-26(33)30(25(18)32)21-7-5-4-6-19(21)27/h4-14H,3H2,1-2H3,(H,29,31,33)/b18-12-. The molecule has 1 N–H and O–H groups in total. The van der Waals surface area contributed by atoms with Crippen LogP contribution in [0, 0.1) is 16.3 Å². The number of carbonyl (C=O) groups excluding carboxylic acids is 3. The van der Waals surface area contributed by atoms with Gasteiger partial charge in [-0.1, -0.05) is 29.8 Å². The second kappa shape index (κ2) is 10.9. The summed E-state index contributed by atoms with van der Waals surface area (Å²) in [5, 5.41) is 2.03. The van der Waals surface area contributed by atoms with Gasteiger partial charge in [-0.05, 0) is 84.5 Å². The maximum atomic E-state index is 14.3. The maximum absolute atomic E-state index is 14.3. The molecule has 3 aromatic carbocycles. The van der Waals surface area contributed by atoms with Gasteiger partial charge in [-0.3, -0.25) is 14.9 Å². The van der Waals surface area contributed by atoms with Gasteiger partial charge in [-0.2, -0.15) is 8.42 Å². The highest BCUT2D eigenvalue weighted by Crippen LogP contribution is 2.37. The number of nitrogens with one attached hydrogen (secondary N) is 1. The molecule has 0 bridgehead atoms. The molecule has 1 aliphatic heterocycles. The van der Waals surface area contributed by atoms with Crippen LogP contribution in [0.5, 0.6) is 11.5 Å². The summed E-state index contributed by atoms with van der Waals surface area (Å²) in [7, 11) is -4.20. The number of anilines is 1. The van der Waals surface area contributed by atoms with Gasteiger partial charge < -0.3 is 8.92 Å². The summed E-state index contributed by atoms with van der Waals surface area (Å²) in [5.74, 6) is -2.85. The van der Waals surface area contributed by atoms with E-state index in [0.29, 0.717) is 8.47 Å². The van der Waals surface area contributed by atoms with E-state index < -0.39 is 39.4 Å². The van der Waals surface area contributed by atoms with Crippen molar-refractivity contribution in [2.45, 2.75) is 18.7 Å². The predicted molar refractivity (Wildman–Crippen MR) is 145 cm³/mol. The Morgan fingerprint density at radius 1 is 1.05 bits per heavy atom. The van der Waals surface area contributed by atoms with Crippen molar-refractivity contribution in [1.29, 1.82) is 0 Å². The number of para-hydroxylation sites is 1. The first-order chi connectivity index (χ1) is 18.0. The smallest absolute Gasteiger partial charge is 0.339 e. The number of ether oxygens (including phenoxy) is 1. The van der Waals surface area contributed by atoms with E-state index in [-0.39, 0.29) is 34.3 Å². The molecule has 4 rings (SSSR count). The molecule has 12 heteroatoms. The van der Waals surface area contributed by atoms with Crippen molar-refractivity contribution in [2.75, 3.05) is 11.5 Å². The Hall–Kier alpha value is -3.78. The van der Waals surface area contributed by atoms with Crippen LogP contribution in [-0.4, -0.2) is 32.9 Å². The lowest BCUT2D eigenvalue weighted by atomic mass is 10.1. The number of halogens is 2. The van der Waals surface area contributed by atoms with Crippen molar-refractivity contribution in [3.63, 3.8) is 0 Å². The molecule has 1 aliphatic rings. The quantitative estimate of drug-likeness (QED) is 0.172. The van der Waals surface area contributed by atoms with E-state index in [1.807, 2.05) is 34.8 Å². The first-order valence-corrected chi connectivity index (χ1v) is 13.6. The molecule has 0 radical (unpaired) electrons. The first kappa shape index (κ1) is 27.3. The molecule has 1 heterocycles. The van der Waals surface area contributed by atoms with E-state index in [1.54, 1.807) is 19.1 Å². The molecule has 0 spiro atoms. The van der Waals surface area contributed by atoms with Crippen LogP contribution in [0.3, 0.4) is 0 Å². The topological polar surface area (TPSA) is 119 Å². The highest BCUT2D eigenvalue weighted by atomic mass is 127. The van der Waals surface area contributed by atoms with Crippen LogP contribution in [0.15, 0.2) is 71.1 Å². The van der Waals surface area contributed by atoms with Gasteiger partial charge in [-0.15, -0.1) is 0 Å². The van der Waals surface area contributed by atoms with Gasteiger partial charge in [0.2, 0.25) is 0 Å². The van der Waals surface area contributed by atoms with Crippen LogP contribution in [0.4, 0.5) is 14.9 Å². The molecule has 0 aromatic heterocycles. The third-order valence-electron chi connectivity index (χ3n) is 5.34. The number of imide groups is 2. The Morgan fingerprint density at radius 3 is 2.39 bits per heavy atom. The Morgan fingerprint density at radius 2 is 1.74 bits per heavy atom. The fourth-order valence-electron chi connectivity index (χ4n) is 3.55. The van der Waals surface area contributed by atoms with Crippen LogP contribution in [0.1, 0.15) is 18.1 Å². The van der Waals surface area contributed by atoms with Crippen LogP contribution in [-0.2, 0) is 19.7 Å². The van der Waals surface area contributed by atoms with E-state index >= 15 is 0 Å². The number of barbiturate groups is 1. The normalized spacial score (nSPS) is 15.0. The molecule has 3 aromatic rings. The average Bonchev–Trinajstić information content (AvgIpc) is 2.85. The number of amides is 4. The number of urea groups is 1. The fourth-order valence-corrected chi connectivity index (χ4v) is 5.40. The fraction of sp³-hybridized carbons (Fsp3) is 0.115. The van der Waals surface area contributed by atoms with Crippen LogP contribution >= 0.6 is 22.6 Å². The zero-order valence-corrected chi connectivity index (χ0v) is 23.0. The summed E-state index contributed by atoms with van der Waals surface area (Å²) in [6, 6.07) is 13.1. The number of nitrogens with zero attached hydrogens (tertiary/aromatic N) is 1. The SMILES string of the molecule is CCOc1cc(/C=C2/C(=O)NC(=O)N(c3ccccc3F)C2=O)cc(I)c1OS(=O)(=O)c1ccc(C)cc1. The highest BCUT2D eigenvalue weighted by Gasteiger charge is 2.38. The van der Waals surface area contributed by atoms with Gasteiger partial charge in [-0.25, -0.2) is 14.1 Å². The van der Waals surface area contributed by atoms with Crippen LogP contribution < -0.4 is 19.1 Å². The number of hydrogen-bond donors (Lipinski definition) is 1. The number of rotatable bonds is 7. The summed E-state index contributed by atoms with van der Waals surface area (Å²) >= 11 is 1.84. The second-order valence-corrected chi connectivity index (χ2v) is 10.7. The lowest BCUT2D eigenvalue weighted by molar-refractivity contribution is -0.122. The van der Waals surface area contributed by atoms with E-state index in [4.69, 9.17) is 8.92 Å². The number of aryl methyl sites for hydroxylation is 1. The number of benzene rings is 3. The Balaban J connectivity index is 1.73. The molecule has 1 saturated heterocycles. The van der Waals surface area contributed by atoms with Gasteiger partial charge >= 0.3 is 16.1 Å². The maximum Gasteiger partial charge on any atom is 0.339 e. The number of hydrogen-bond acceptors (Lipinski definition) is 7. The molecule has 1 fully saturated rings. The lowest BCUT2D eigenvalue weighted by Gasteiger charge is -2.26. The van der Waals surface area contributed by atoms with Crippen molar-refractivity contribution >= 4 is 62.3 Å². The summed E-state index contributed by atoms with van der Waals surface area (Å²) < 4.78 is 51.4. The molecular weight excluding hydrogens is 630 g/mol. The monoisotopic (exact) mass is 650 g/mol. The third kappa shape index (κ3) is 5.55. The Bertz CT molecular complexity index is 1590. The van der Waals surface area contributed by atoms with Crippen LogP contribution in [0.2, 0.25) is 0 Å². The van der Waals surface area contributed by atoms with Gasteiger partial charge in [0, 0.05) is 0 Å². The summed E-state index contributed by atoms with van der Waals surface area (Å²) in [5.41, 5.74) is 0.400. The van der Waals surface area contributed by atoms with E-state index in [2.05, 4.69) is 0 Å².